The van der Waals surface area contributed by atoms with E-state index < -0.39 is 6.10 Å². The average Bonchev–Trinajstić information content (AvgIpc) is 3.24. The average molecular weight is 298 g/mol. The molecule has 114 valence electrons. The first kappa shape index (κ1) is 13.4. The van der Waals surface area contributed by atoms with E-state index in [1.807, 2.05) is 42.2 Å². The van der Waals surface area contributed by atoms with Gasteiger partial charge in [0.25, 0.3) is 5.91 Å². The van der Waals surface area contributed by atoms with Crippen molar-refractivity contribution in [3.8, 4) is 5.75 Å². The Bertz CT molecular complexity index is 684. The van der Waals surface area contributed by atoms with Gasteiger partial charge in [-0.1, -0.05) is 23.4 Å². The number of fused-ring (bicyclic) bond motifs is 1. The summed E-state index contributed by atoms with van der Waals surface area (Å²) in [6.07, 6.45) is 2.15. The third-order valence-corrected chi connectivity index (χ3v) is 4.45. The van der Waals surface area contributed by atoms with Crippen molar-refractivity contribution in [1.29, 1.82) is 0 Å². The van der Waals surface area contributed by atoms with Crippen LogP contribution < -0.4 is 4.74 Å². The lowest BCUT2D eigenvalue weighted by Gasteiger charge is -2.25. The summed E-state index contributed by atoms with van der Waals surface area (Å²) in [6, 6.07) is 9.78. The van der Waals surface area contributed by atoms with Crippen molar-refractivity contribution in [3.05, 3.63) is 47.3 Å². The van der Waals surface area contributed by atoms with Crippen molar-refractivity contribution in [3.63, 3.8) is 0 Å². The zero-order chi connectivity index (χ0) is 15.1. The zero-order valence-electron chi connectivity index (χ0n) is 12.5. The Morgan fingerprint density at radius 3 is 3.00 bits per heavy atom. The molecule has 1 saturated heterocycles. The van der Waals surface area contributed by atoms with Crippen LogP contribution in [-0.4, -0.2) is 28.6 Å². The molecule has 5 heteroatoms. The van der Waals surface area contributed by atoms with Gasteiger partial charge in [0.1, 0.15) is 17.2 Å². The standard InChI is InChI=1S/C17H18N2O3/c1-11-9-13(18-22-11)14-6-4-8-19(14)17(20)16-10-12-5-2-3-7-15(12)21-16/h2-3,5,7,9,14,16H,4,6,8,10H2,1H3/t14-,16-/m1/s1. The predicted molar refractivity (Wildman–Crippen MR) is 79.5 cm³/mol. The molecule has 0 radical (unpaired) electrons. The van der Waals surface area contributed by atoms with E-state index in [0.717, 1.165) is 42.2 Å². The van der Waals surface area contributed by atoms with E-state index in [1.165, 1.54) is 0 Å². The van der Waals surface area contributed by atoms with E-state index in [9.17, 15) is 4.79 Å². The van der Waals surface area contributed by atoms with Crippen LogP contribution in [-0.2, 0) is 11.2 Å². The van der Waals surface area contributed by atoms with E-state index in [4.69, 9.17) is 9.26 Å². The first-order chi connectivity index (χ1) is 10.7. The molecule has 1 aromatic heterocycles. The minimum Gasteiger partial charge on any atom is -0.480 e. The number of hydrogen-bond donors (Lipinski definition) is 0. The SMILES string of the molecule is Cc1cc([C@H]2CCCN2C(=O)[C@H]2Cc3ccccc3O2)no1. The van der Waals surface area contributed by atoms with Crippen molar-refractivity contribution in [2.24, 2.45) is 0 Å². The summed E-state index contributed by atoms with van der Waals surface area (Å²) in [5.74, 6) is 1.66. The quantitative estimate of drug-likeness (QED) is 0.855. The first-order valence-corrected chi connectivity index (χ1v) is 7.70. The van der Waals surface area contributed by atoms with Crippen molar-refractivity contribution in [2.45, 2.75) is 38.3 Å². The maximum atomic E-state index is 12.8. The number of benzene rings is 1. The van der Waals surface area contributed by atoms with Gasteiger partial charge in [0.05, 0.1) is 6.04 Å². The summed E-state index contributed by atoms with van der Waals surface area (Å²) in [5.41, 5.74) is 1.95. The summed E-state index contributed by atoms with van der Waals surface area (Å²) in [7, 11) is 0. The van der Waals surface area contributed by atoms with Gasteiger partial charge < -0.3 is 14.2 Å². The molecule has 4 rings (SSSR count). The Kier molecular flexibility index (Phi) is 3.13. The Morgan fingerprint density at radius 2 is 2.23 bits per heavy atom. The number of rotatable bonds is 2. The van der Waals surface area contributed by atoms with Crippen LogP contribution in [0.1, 0.15) is 35.9 Å². The Labute approximate surface area is 128 Å². The molecule has 2 aromatic rings. The van der Waals surface area contributed by atoms with E-state index in [0.29, 0.717) is 6.42 Å². The molecule has 1 fully saturated rings. The predicted octanol–water partition coefficient (Wildman–Crippen LogP) is 2.65. The van der Waals surface area contributed by atoms with E-state index in [2.05, 4.69) is 5.16 Å². The third-order valence-electron chi connectivity index (χ3n) is 4.45. The zero-order valence-corrected chi connectivity index (χ0v) is 12.5. The normalized spacial score (nSPS) is 23.4. The van der Waals surface area contributed by atoms with Crippen LogP contribution >= 0.6 is 0 Å². The van der Waals surface area contributed by atoms with Crippen LogP contribution in [0.3, 0.4) is 0 Å². The maximum Gasteiger partial charge on any atom is 0.264 e. The van der Waals surface area contributed by atoms with Crippen molar-refractivity contribution >= 4 is 5.91 Å². The second-order valence-electron chi connectivity index (χ2n) is 5.97. The lowest BCUT2D eigenvalue weighted by molar-refractivity contribution is -0.139. The van der Waals surface area contributed by atoms with Crippen LogP contribution in [0.5, 0.6) is 5.75 Å². The molecular weight excluding hydrogens is 280 g/mol. The number of carbonyl (C=O) groups is 1. The summed E-state index contributed by atoms with van der Waals surface area (Å²) >= 11 is 0. The number of hydrogen-bond acceptors (Lipinski definition) is 4. The molecule has 0 spiro atoms. The minimum atomic E-state index is -0.411. The summed E-state index contributed by atoms with van der Waals surface area (Å²) in [4.78, 5) is 14.7. The number of aryl methyl sites for hydroxylation is 1. The molecule has 2 atom stereocenters. The van der Waals surface area contributed by atoms with Gasteiger partial charge in [-0.2, -0.15) is 0 Å². The highest BCUT2D eigenvalue weighted by atomic mass is 16.5. The molecule has 22 heavy (non-hydrogen) atoms. The van der Waals surface area contributed by atoms with Gasteiger partial charge in [-0.3, -0.25) is 4.79 Å². The van der Waals surface area contributed by atoms with Gasteiger partial charge in [0, 0.05) is 19.0 Å². The molecule has 0 saturated carbocycles. The van der Waals surface area contributed by atoms with Crippen molar-refractivity contribution in [2.75, 3.05) is 6.54 Å². The monoisotopic (exact) mass is 298 g/mol. The fourth-order valence-corrected chi connectivity index (χ4v) is 3.39. The van der Waals surface area contributed by atoms with E-state index in [1.54, 1.807) is 0 Å². The van der Waals surface area contributed by atoms with Gasteiger partial charge in [0.2, 0.25) is 0 Å². The number of ether oxygens (including phenoxy) is 1. The van der Waals surface area contributed by atoms with Gasteiger partial charge in [0.15, 0.2) is 6.10 Å². The van der Waals surface area contributed by atoms with Crippen LogP contribution in [0, 0.1) is 6.92 Å². The van der Waals surface area contributed by atoms with Crippen LogP contribution in [0.4, 0.5) is 0 Å². The lowest BCUT2D eigenvalue weighted by Crippen LogP contribution is -2.41. The molecular formula is C17H18N2O3. The second-order valence-corrected chi connectivity index (χ2v) is 5.97. The molecule has 2 aliphatic rings. The van der Waals surface area contributed by atoms with Gasteiger partial charge in [-0.15, -0.1) is 0 Å². The van der Waals surface area contributed by atoms with E-state index in [-0.39, 0.29) is 11.9 Å². The molecule has 1 aromatic carbocycles. The van der Waals surface area contributed by atoms with Crippen LogP contribution in [0.25, 0.3) is 0 Å². The fourth-order valence-electron chi connectivity index (χ4n) is 3.39. The second kappa shape index (κ2) is 5.16. The smallest absolute Gasteiger partial charge is 0.264 e. The Balaban J connectivity index is 1.53. The molecule has 1 amide bonds. The molecule has 3 heterocycles. The first-order valence-electron chi connectivity index (χ1n) is 7.70. The Morgan fingerprint density at radius 1 is 1.36 bits per heavy atom. The number of nitrogens with zero attached hydrogens (tertiary/aromatic N) is 2. The molecule has 2 aliphatic heterocycles. The van der Waals surface area contributed by atoms with Gasteiger partial charge in [-0.05, 0) is 31.4 Å². The third kappa shape index (κ3) is 2.17. The molecule has 0 aliphatic carbocycles. The summed E-state index contributed by atoms with van der Waals surface area (Å²) in [6.45, 7) is 2.62. The largest absolute Gasteiger partial charge is 0.480 e. The highest BCUT2D eigenvalue weighted by molar-refractivity contribution is 5.83. The lowest BCUT2D eigenvalue weighted by atomic mass is 10.1. The summed E-state index contributed by atoms with van der Waals surface area (Å²) in [5, 5.41) is 4.09. The minimum absolute atomic E-state index is 0.0114. The topological polar surface area (TPSA) is 55.6 Å². The van der Waals surface area contributed by atoms with Crippen molar-refractivity contribution < 1.29 is 14.1 Å². The maximum absolute atomic E-state index is 12.8. The van der Waals surface area contributed by atoms with Crippen LogP contribution in [0.2, 0.25) is 0 Å². The van der Waals surface area contributed by atoms with Crippen LogP contribution in [0.15, 0.2) is 34.9 Å². The number of aromatic nitrogens is 1. The van der Waals surface area contributed by atoms with Crippen molar-refractivity contribution in [1.82, 2.24) is 10.1 Å². The molecule has 0 unspecified atom stereocenters. The highest BCUT2D eigenvalue weighted by Crippen LogP contribution is 2.35. The fraction of sp³-hybridized carbons (Fsp3) is 0.412. The molecule has 5 nitrogen and oxygen atoms in total. The van der Waals surface area contributed by atoms with Gasteiger partial charge >= 0.3 is 0 Å². The number of para-hydroxylation sites is 1. The molecule has 0 N–H and O–H groups in total. The number of carbonyl (C=O) groups excluding carboxylic acids is 1. The van der Waals surface area contributed by atoms with Gasteiger partial charge in [-0.25, -0.2) is 0 Å². The van der Waals surface area contributed by atoms with E-state index >= 15 is 0 Å². The highest BCUT2D eigenvalue weighted by Gasteiger charge is 2.38. The number of amides is 1. The molecule has 0 bridgehead atoms. The number of likely N-dealkylation sites (tertiary alicyclic amines) is 1. The summed E-state index contributed by atoms with van der Waals surface area (Å²) < 4.78 is 11.0. The Hall–Kier alpha value is -2.30.